The lowest BCUT2D eigenvalue weighted by molar-refractivity contribution is 0.212. The average molecular weight is 488 g/mol. The molecule has 0 saturated carbocycles. The summed E-state index contributed by atoms with van der Waals surface area (Å²) in [6.45, 7) is 3.40. The Balaban J connectivity index is 1.20. The van der Waals surface area contributed by atoms with E-state index in [4.69, 9.17) is 10.5 Å². The number of anilines is 2. The van der Waals surface area contributed by atoms with Gasteiger partial charge in [-0.2, -0.15) is 4.98 Å². The smallest absolute Gasteiger partial charge is 0.248 e. The van der Waals surface area contributed by atoms with Crippen LogP contribution < -0.4 is 15.4 Å². The summed E-state index contributed by atoms with van der Waals surface area (Å²) in [5.41, 5.74) is 9.61. The molecule has 6 nitrogen and oxygen atoms in total. The van der Waals surface area contributed by atoms with Gasteiger partial charge >= 0.3 is 0 Å². The third-order valence-corrected chi connectivity index (χ3v) is 6.97. The summed E-state index contributed by atoms with van der Waals surface area (Å²) in [5.74, 6) is 1.81. The second-order valence-corrected chi connectivity index (χ2v) is 9.27. The molecule has 1 aromatic heterocycles. The molecule has 37 heavy (non-hydrogen) atoms. The number of fused-ring (bicyclic) bond motifs is 1. The Bertz CT molecular complexity index is 1440. The van der Waals surface area contributed by atoms with Gasteiger partial charge in [0.2, 0.25) is 5.88 Å². The van der Waals surface area contributed by atoms with Crippen LogP contribution in [0.25, 0.3) is 10.8 Å². The van der Waals surface area contributed by atoms with Crippen molar-refractivity contribution in [2.45, 2.75) is 6.04 Å². The topological polar surface area (TPSA) is 67.5 Å². The van der Waals surface area contributed by atoms with E-state index in [0.717, 1.165) is 42.8 Å². The minimum absolute atomic E-state index is 0.207. The number of hydrogen-bond donors (Lipinski definition) is 1. The molecule has 0 spiro atoms. The molecular weight excluding hydrogens is 458 g/mol. The van der Waals surface area contributed by atoms with Crippen LogP contribution in [-0.2, 0) is 0 Å². The number of ether oxygens (including phenoxy) is 1. The fourth-order valence-corrected chi connectivity index (χ4v) is 5.12. The predicted molar refractivity (Wildman–Crippen MR) is 149 cm³/mol. The van der Waals surface area contributed by atoms with Crippen LogP contribution in [0.1, 0.15) is 17.2 Å². The van der Waals surface area contributed by atoms with Gasteiger partial charge in [-0.05, 0) is 34.0 Å². The third-order valence-electron chi connectivity index (χ3n) is 6.97. The SMILES string of the molecule is Nc1c(Oc2ccc3ccccc3c2)ncnc1N1CCN(C(c2ccccc2)c2ccccc2)CC1. The zero-order valence-electron chi connectivity index (χ0n) is 20.6. The fraction of sp³-hybridized carbons (Fsp3) is 0.161. The van der Waals surface area contributed by atoms with Gasteiger partial charge in [0.1, 0.15) is 17.8 Å². The Morgan fingerprint density at radius 1 is 0.676 bits per heavy atom. The molecule has 1 aliphatic rings. The number of piperazine rings is 1. The van der Waals surface area contributed by atoms with Gasteiger partial charge in [0.05, 0.1) is 6.04 Å². The minimum atomic E-state index is 0.207. The Hall–Kier alpha value is -4.42. The zero-order valence-corrected chi connectivity index (χ0v) is 20.6. The molecule has 0 bridgehead atoms. The Labute approximate surface area is 217 Å². The molecule has 1 fully saturated rings. The van der Waals surface area contributed by atoms with Crippen LogP contribution in [0.5, 0.6) is 11.6 Å². The largest absolute Gasteiger partial charge is 0.437 e. The van der Waals surface area contributed by atoms with Crippen LogP contribution >= 0.6 is 0 Å². The molecule has 0 radical (unpaired) electrons. The first-order valence-corrected chi connectivity index (χ1v) is 12.6. The number of benzene rings is 4. The molecule has 6 heteroatoms. The normalized spacial score (nSPS) is 14.2. The molecule has 2 N–H and O–H groups in total. The van der Waals surface area contributed by atoms with Crippen molar-refractivity contribution in [3.05, 3.63) is 121 Å². The van der Waals surface area contributed by atoms with Crippen LogP contribution in [0, 0.1) is 0 Å². The summed E-state index contributed by atoms with van der Waals surface area (Å²) in [5, 5.41) is 2.27. The van der Waals surface area contributed by atoms with Crippen LogP contribution in [0.4, 0.5) is 11.5 Å². The molecule has 0 unspecified atom stereocenters. The van der Waals surface area contributed by atoms with E-state index in [-0.39, 0.29) is 6.04 Å². The lowest BCUT2D eigenvalue weighted by atomic mass is 9.96. The van der Waals surface area contributed by atoms with Gasteiger partial charge in [-0.3, -0.25) is 4.90 Å². The maximum atomic E-state index is 6.55. The highest BCUT2D eigenvalue weighted by atomic mass is 16.5. The minimum Gasteiger partial charge on any atom is -0.437 e. The van der Waals surface area contributed by atoms with Crippen molar-refractivity contribution in [1.82, 2.24) is 14.9 Å². The zero-order chi connectivity index (χ0) is 25.0. The first kappa shape index (κ1) is 23.0. The van der Waals surface area contributed by atoms with E-state index in [1.807, 2.05) is 30.3 Å². The standard InChI is InChI=1S/C31H29N5O/c32-28-30(33-22-34-31(28)37-27-16-15-23-9-7-8-14-26(23)21-27)36-19-17-35(18-20-36)29(24-10-3-1-4-11-24)25-12-5-2-6-13-25/h1-16,21-22,29H,17-20,32H2. The lowest BCUT2D eigenvalue weighted by Crippen LogP contribution is -2.48. The summed E-state index contributed by atoms with van der Waals surface area (Å²) in [7, 11) is 0. The molecule has 6 rings (SSSR count). The predicted octanol–water partition coefficient (Wildman–Crippen LogP) is 5.92. The number of nitrogens with two attached hydrogens (primary N) is 1. The van der Waals surface area contributed by atoms with Crippen LogP contribution in [0.3, 0.4) is 0 Å². The van der Waals surface area contributed by atoms with Crippen molar-refractivity contribution in [3.8, 4) is 11.6 Å². The van der Waals surface area contributed by atoms with Gasteiger partial charge in [-0.25, -0.2) is 4.98 Å². The van der Waals surface area contributed by atoms with Gasteiger partial charge in [0, 0.05) is 26.2 Å². The fourth-order valence-electron chi connectivity index (χ4n) is 5.12. The summed E-state index contributed by atoms with van der Waals surface area (Å²) in [6.07, 6.45) is 1.53. The van der Waals surface area contributed by atoms with E-state index in [0.29, 0.717) is 17.3 Å². The second-order valence-electron chi connectivity index (χ2n) is 9.27. The van der Waals surface area contributed by atoms with Crippen LogP contribution in [0.15, 0.2) is 109 Å². The maximum Gasteiger partial charge on any atom is 0.248 e. The van der Waals surface area contributed by atoms with E-state index in [1.165, 1.54) is 17.5 Å². The second kappa shape index (κ2) is 10.3. The molecule has 4 aromatic carbocycles. The first-order chi connectivity index (χ1) is 18.3. The number of nitrogens with zero attached hydrogens (tertiary/aromatic N) is 4. The van der Waals surface area contributed by atoms with Crippen LogP contribution in [-0.4, -0.2) is 41.0 Å². The van der Waals surface area contributed by atoms with Gasteiger partial charge < -0.3 is 15.4 Å². The van der Waals surface area contributed by atoms with Crippen LogP contribution in [0.2, 0.25) is 0 Å². The Morgan fingerprint density at radius 2 is 1.30 bits per heavy atom. The first-order valence-electron chi connectivity index (χ1n) is 12.6. The van der Waals surface area contributed by atoms with Gasteiger partial charge in [0.15, 0.2) is 5.82 Å². The number of aromatic nitrogens is 2. The summed E-state index contributed by atoms with van der Waals surface area (Å²) < 4.78 is 6.11. The lowest BCUT2D eigenvalue weighted by Gasteiger charge is -2.40. The molecule has 0 amide bonds. The van der Waals surface area contributed by atoms with Crippen molar-refractivity contribution in [1.29, 1.82) is 0 Å². The molecule has 184 valence electrons. The monoisotopic (exact) mass is 487 g/mol. The van der Waals surface area contributed by atoms with Crippen molar-refractivity contribution in [2.75, 3.05) is 36.8 Å². The highest BCUT2D eigenvalue weighted by Gasteiger charge is 2.28. The highest BCUT2D eigenvalue weighted by Crippen LogP contribution is 2.35. The van der Waals surface area contributed by atoms with Crippen molar-refractivity contribution >= 4 is 22.3 Å². The molecule has 1 aliphatic heterocycles. The van der Waals surface area contributed by atoms with Crippen molar-refractivity contribution in [3.63, 3.8) is 0 Å². The molecule has 0 atom stereocenters. The molecule has 5 aromatic rings. The summed E-state index contributed by atoms with van der Waals surface area (Å²) >= 11 is 0. The third kappa shape index (κ3) is 4.84. The van der Waals surface area contributed by atoms with Gasteiger partial charge in [0.25, 0.3) is 0 Å². The van der Waals surface area contributed by atoms with Gasteiger partial charge in [-0.15, -0.1) is 0 Å². The van der Waals surface area contributed by atoms with Gasteiger partial charge in [-0.1, -0.05) is 91.0 Å². The number of rotatable bonds is 6. The molecule has 0 aliphatic carbocycles. The van der Waals surface area contributed by atoms with Crippen molar-refractivity contribution in [2.24, 2.45) is 0 Å². The Morgan fingerprint density at radius 3 is 1.97 bits per heavy atom. The quantitative estimate of drug-likeness (QED) is 0.321. The maximum absolute atomic E-state index is 6.55. The number of hydrogen-bond acceptors (Lipinski definition) is 6. The van der Waals surface area contributed by atoms with Crippen molar-refractivity contribution < 1.29 is 4.74 Å². The number of nitrogen functional groups attached to an aromatic ring is 1. The van der Waals surface area contributed by atoms with E-state index < -0.39 is 0 Å². The van der Waals surface area contributed by atoms with E-state index in [1.54, 1.807) is 0 Å². The molecule has 2 heterocycles. The molecular formula is C31H29N5O. The summed E-state index contributed by atoms with van der Waals surface area (Å²) in [6, 6.07) is 35.8. The van der Waals surface area contributed by atoms with E-state index >= 15 is 0 Å². The summed E-state index contributed by atoms with van der Waals surface area (Å²) in [4.78, 5) is 13.6. The highest BCUT2D eigenvalue weighted by molar-refractivity contribution is 5.84. The van der Waals surface area contributed by atoms with E-state index in [9.17, 15) is 0 Å². The molecule has 1 saturated heterocycles. The van der Waals surface area contributed by atoms with E-state index in [2.05, 4.69) is 92.6 Å². The Kier molecular flexibility index (Phi) is 6.40. The average Bonchev–Trinajstić information content (AvgIpc) is 2.96.